The zero-order valence-corrected chi connectivity index (χ0v) is 15.5. The van der Waals surface area contributed by atoms with E-state index in [2.05, 4.69) is 31.2 Å². The molecule has 144 valence electrons. The van der Waals surface area contributed by atoms with E-state index < -0.39 is 23.1 Å². The van der Waals surface area contributed by atoms with Crippen molar-refractivity contribution < 1.29 is 18.3 Å². The molecule has 0 aliphatic carbocycles. The van der Waals surface area contributed by atoms with Gasteiger partial charge < -0.3 is 10.5 Å². The molecule has 0 aliphatic heterocycles. The van der Waals surface area contributed by atoms with Crippen LogP contribution in [-0.2, 0) is 13.0 Å². The molecule has 28 heavy (non-hydrogen) atoms. The molecule has 0 aliphatic rings. The largest absolute Gasteiger partial charge is 0.486 e. The average Bonchev–Trinajstić information content (AvgIpc) is 2.68. The van der Waals surface area contributed by atoms with Gasteiger partial charge in [-0.1, -0.05) is 55.8 Å². The molecule has 3 aromatic carbocycles. The Hall–Kier alpha value is -3.21. The Balaban J connectivity index is 1.77. The van der Waals surface area contributed by atoms with Crippen molar-refractivity contribution in [2.24, 2.45) is 5.73 Å². The van der Waals surface area contributed by atoms with Crippen molar-refractivity contribution in [1.82, 2.24) is 0 Å². The van der Waals surface area contributed by atoms with Gasteiger partial charge in [0.1, 0.15) is 18.0 Å². The van der Waals surface area contributed by atoms with E-state index in [-0.39, 0.29) is 12.4 Å². The van der Waals surface area contributed by atoms with Gasteiger partial charge in [0.25, 0.3) is 5.91 Å². The summed E-state index contributed by atoms with van der Waals surface area (Å²) >= 11 is 0. The summed E-state index contributed by atoms with van der Waals surface area (Å²) in [4.78, 5) is 11.2. The van der Waals surface area contributed by atoms with E-state index in [0.29, 0.717) is 0 Å². The molecular formula is C23H21F2NO2. The molecule has 0 aromatic heterocycles. The van der Waals surface area contributed by atoms with Crippen molar-refractivity contribution in [1.29, 1.82) is 0 Å². The van der Waals surface area contributed by atoms with E-state index in [4.69, 9.17) is 10.5 Å². The maximum absolute atomic E-state index is 14.3. The number of ether oxygens (including phenoxy) is 1. The Morgan fingerprint density at radius 1 is 0.964 bits per heavy atom. The lowest BCUT2D eigenvalue weighted by Crippen LogP contribution is -2.16. The van der Waals surface area contributed by atoms with Crippen molar-refractivity contribution in [3.05, 3.63) is 89.0 Å². The van der Waals surface area contributed by atoms with Crippen molar-refractivity contribution in [3.63, 3.8) is 0 Å². The van der Waals surface area contributed by atoms with E-state index in [0.717, 1.165) is 41.7 Å². The molecule has 5 heteroatoms. The Bertz CT molecular complexity index is 984. The number of benzene rings is 3. The lowest BCUT2D eigenvalue weighted by molar-refractivity contribution is 0.0991. The van der Waals surface area contributed by atoms with Gasteiger partial charge >= 0.3 is 0 Å². The Kier molecular flexibility index (Phi) is 6.04. The Labute approximate surface area is 162 Å². The highest BCUT2D eigenvalue weighted by Gasteiger charge is 2.19. The number of primary amides is 1. The van der Waals surface area contributed by atoms with Crippen LogP contribution >= 0.6 is 0 Å². The second-order valence-electron chi connectivity index (χ2n) is 6.53. The molecule has 3 rings (SSSR count). The fourth-order valence-corrected chi connectivity index (χ4v) is 3.03. The normalized spacial score (nSPS) is 10.7. The second-order valence-corrected chi connectivity index (χ2v) is 6.53. The third-order valence-corrected chi connectivity index (χ3v) is 4.45. The van der Waals surface area contributed by atoms with Crippen LogP contribution in [0.2, 0.25) is 0 Å². The van der Waals surface area contributed by atoms with Crippen LogP contribution in [0.5, 0.6) is 5.75 Å². The lowest BCUT2D eigenvalue weighted by Gasteiger charge is -2.11. The maximum Gasteiger partial charge on any atom is 0.254 e. The molecule has 3 aromatic rings. The summed E-state index contributed by atoms with van der Waals surface area (Å²) in [6.45, 7) is 2.22. The number of halogens is 2. The zero-order valence-electron chi connectivity index (χ0n) is 15.5. The third kappa shape index (κ3) is 4.36. The monoisotopic (exact) mass is 381 g/mol. The van der Waals surface area contributed by atoms with E-state index in [1.54, 1.807) is 0 Å². The zero-order chi connectivity index (χ0) is 20.1. The topological polar surface area (TPSA) is 52.3 Å². The van der Waals surface area contributed by atoms with Crippen molar-refractivity contribution in [2.45, 2.75) is 26.4 Å². The van der Waals surface area contributed by atoms with Gasteiger partial charge in [0.15, 0.2) is 11.6 Å². The molecule has 0 unspecified atom stereocenters. The quantitative estimate of drug-likeness (QED) is 0.607. The van der Waals surface area contributed by atoms with Gasteiger partial charge in [-0.05, 0) is 46.9 Å². The minimum absolute atomic E-state index is 0.0719. The SMILES string of the molecule is CCCc1ccc(-c2cccc(COc3ccc(F)c(C(N)=O)c3F)c2)cc1. The van der Waals surface area contributed by atoms with Crippen LogP contribution in [-0.4, -0.2) is 5.91 Å². The van der Waals surface area contributed by atoms with Crippen LogP contribution in [0.3, 0.4) is 0 Å². The molecule has 0 radical (unpaired) electrons. The fourth-order valence-electron chi connectivity index (χ4n) is 3.03. The van der Waals surface area contributed by atoms with E-state index in [1.165, 1.54) is 5.56 Å². The first kappa shape index (κ1) is 19.5. The fraction of sp³-hybridized carbons (Fsp3) is 0.174. The van der Waals surface area contributed by atoms with Gasteiger partial charge in [-0.25, -0.2) is 8.78 Å². The number of rotatable bonds is 7. The van der Waals surface area contributed by atoms with Gasteiger partial charge in [0, 0.05) is 0 Å². The van der Waals surface area contributed by atoms with Crippen LogP contribution in [0.4, 0.5) is 8.78 Å². The van der Waals surface area contributed by atoms with Gasteiger partial charge in [0.2, 0.25) is 0 Å². The number of hydrogen-bond acceptors (Lipinski definition) is 2. The molecule has 0 saturated carbocycles. The summed E-state index contributed by atoms with van der Waals surface area (Å²) in [5.74, 6) is -3.49. The third-order valence-electron chi connectivity index (χ3n) is 4.45. The number of nitrogens with two attached hydrogens (primary N) is 1. The molecular weight excluding hydrogens is 360 g/mol. The first-order chi connectivity index (χ1) is 13.5. The first-order valence-electron chi connectivity index (χ1n) is 9.08. The molecule has 2 N–H and O–H groups in total. The van der Waals surface area contributed by atoms with Gasteiger partial charge in [0.05, 0.1) is 0 Å². The lowest BCUT2D eigenvalue weighted by atomic mass is 10.0. The van der Waals surface area contributed by atoms with Crippen LogP contribution < -0.4 is 10.5 Å². The van der Waals surface area contributed by atoms with Crippen LogP contribution in [0.15, 0.2) is 60.7 Å². The summed E-state index contributed by atoms with van der Waals surface area (Å²) in [6.07, 6.45) is 2.15. The van der Waals surface area contributed by atoms with Crippen molar-refractivity contribution in [3.8, 4) is 16.9 Å². The highest BCUT2D eigenvalue weighted by Crippen LogP contribution is 2.25. The van der Waals surface area contributed by atoms with Gasteiger partial charge in [-0.15, -0.1) is 0 Å². The Morgan fingerprint density at radius 3 is 2.39 bits per heavy atom. The van der Waals surface area contributed by atoms with Gasteiger partial charge in [-0.3, -0.25) is 4.79 Å². The predicted molar refractivity (Wildman–Crippen MR) is 105 cm³/mol. The standard InChI is InChI=1S/C23H21F2NO2/c1-2-4-15-7-9-17(10-8-15)18-6-3-5-16(13-18)14-28-20-12-11-19(24)21(22(20)25)23(26)27/h3,5-13H,2,4,14H2,1H3,(H2,26,27). The number of hydrogen-bond donors (Lipinski definition) is 1. The smallest absolute Gasteiger partial charge is 0.254 e. The van der Waals surface area contributed by atoms with E-state index in [9.17, 15) is 13.6 Å². The predicted octanol–water partition coefficient (Wildman–Crippen LogP) is 5.26. The van der Waals surface area contributed by atoms with Gasteiger partial charge in [-0.2, -0.15) is 0 Å². The maximum atomic E-state index is 14.3. The summed E-state index contributed by atoms with van der Waals surface area (Å²) in [6, 6.07) is 18.2. The highest BCUT2D eigenvalue weighted by molar-refractivity contribution is 5.93. The van der Waals surface area contributed by atoms with Crippen molar-refractivity contribution in [2.75, 3.05) is 0 Å². The minimum Gasteiger partial charge on any atom is -0.486 e. The minimum atomic E-state index is -1.17. The molecule has 0 bridgehead atoms. The molecule has 1 amide bonds. The summed E-state index contributed by atoms with van der Waals surface area (Å²) in [5.41, 5.74) is 8.44. The van der Waals surface area contributed by atoms with Crippen LogP contribution in [0.25, 0.3) is 11.1 Å². The number of carbonyl (C=O) groups excluding carboxylic acids is 1. The van der Waals surface area contributed by atoms with Crippen LogP contribution in [0.1, 0.15) is 34.8 Å². The molecule has 0 atom stereocenters. The van der Waals surface area contributed by atoms with Crippen LogP contribution in [0, 0.1) is 11.6 Å². The summed E-state index contributed by atoms with van der Waals surface area (Å²) < 4.78 is 33.3. The molecule has 0 heterocycles. The number of aryl methyl sites for hydroxylation is 1. The highest BCUT2D eigenvalue weighted by atomic mass is 19.1. The summed E-state index contributed by atoms with van der Waals surface area (Å²) in [5, 5.41) is 0. The van der Waals surface area contributed by atoms with Crippen molar-refractivity contribution >= 4 is 5.91 Å². The van der Waals surface area contributed by atoms with E-state index >= 15 is 0 Å². The molecule has 0 spiro atoms. The number of amides is 1. The number of carbonyl (C=O) groups is 1. The van der Waals surface area contributed by atoms with E-state index in [1.807, 2.05) is 24.3 Å². The second kappa shape index (κ2) is 8.65. The first-order valence-corrected chi connectivity index (χ1v) is 9.08. The molecule has 3 nitrogen and oxygen atoms in total. The average molecular weight is 381 g/mol. The Morgan fingerprint density at radius 2 is 1.71 bits per heavy atom. The molecule has 0 fully saturated rings. The summed E-state index contributed by atoms with van der Waals surface area (Å²) in [7, 11) is 0. The molecule has 0 saturated heterocycles.